The quantitative estimate of drug-likeness (QED) is 0.320. The van der Waals surface area contributed by atoms with E-state index in [0.29, 0.717) is 25.9 Å². The highest BCUT2D eigenvalue weighted by atomic mass is 16.6. The van der Waals surface area contributed by atoms with Gasteiger partial charge in [0.05, 0.1) is 25.2 Å². The Morgan fingerprint density at radius 2 is 1.82 bits per heavy atom. The Balaban J connectivity index is 1.67. The van der Waals surface area contributed by atoms with Crippen LogP contribution < -0.4 is 0 Å². The zero-order chi connectivity index (χ0) is 26.9. The molecule has 0 bridgehead atoms. The molecular weight excluding hydrogens is 484 g/mol. The van der Waals surface area contributed by atoms with E-state index in [0.717, 1.165) is 24.8 Å². The molecule has 8 nitrogen and oxygen atoms in total. The molecule has 4 aliphatic rings. The predicted molar refractivity (Wildman–Crippen MR) is 141 cm³/mol. The summed E-state index contributed by atoms with van der Waals surface area (Å²) >= 11 is 0. The van der Waals surface area contributed by atoms with E-state index < -0.39 is 41.1 Å². The van der Waals surface area contributed by atoms with Crippen molar-refractivity contribution in [2.75, 3.05) is 26.3 Å². The number of rotatable bonds is 8. The predicted octanol–water partition coefficient (Wildman–Crippen LogP) is 3.17. The minimum atomic E-state index is -1.36. The van der Waals surface area contributed by atoms with E-state index in [4.69, 9.17) is 9.47 Å². The topological polar surface area (TPSA) is 96.4 Å². The summed E-state index contributed by atoms with van der Waals surface area (Å²) < 4.78 is 12.5. The summed E-state index contributed by atoms with van der Waals surface area (Å²) in [6.07, 6.45) is 11.5. The van der Waals surface area contributed by atoms with Crippen LogP contribution in [0.3, 0.4) is 0 Å². The van der Waals surface area contributed by atoms with Crippen molar-refractivity contribution in [2.24, 2.45) is 11.8 Å². The number of cyclic esters (lactones) is 1. The average molecular weight is 523 g/mol. The second-order valence-corrected chi connectivity index (χ2v) is 10.7. The zero-order valence-electron chi connectivity index (χ0n) is 22.3. The molecule has 2 fully saturated rings. The van der Waals surface area contributed by atoms with Crippen LogP contribution in [0.2, 0.25) is 0 Å². The van der Waals surface area contributed by atoms with Gasteiger partial charge in [0.1, 0.15) is 23.2 Å². The molecule has 6 atom stereocenters. The van der Waals surface area contributed by atoms with E-state index in [-0.39, 0.29) is 25.0 Å². The SMILES string of the molecule is CCCCCN1CC=C[C@]23O[C@]4(CC)C=CCCOC(=O)[C@@H]4[C@H]2C(=O)N([C@H](CO)c2ccccc2)C3C1=O. The minimum Gasteiger partial charge on any atom is -0.465 e. The van der Waals surface area contributed by atoms with Crippen LogP contribution in [0.5, 0.6) is 0 Å². The van der Waals surface area contributed by atoms with Gasteiger partial charge >= 0.3 is 5.97 Å². The molecule has 1 aromatic carbocycles. The molecule has 38 heavy (non-hydrogen) atoms. The van der Waals surface area contributed by atoms with Crippen LogP contribution in [-0.4, -0.2) is 76.2 Å². The number of aliphatic hydroxyl groups is 1. The summed E-state index contributed by atoms with van der Waals surface area (Å²) in [4.78, 5) is 45.7. The number of nitrogens with zero attached hydrogens (tertiary/aromatic N) is 2. The number of benzene rings is 1. The first-order valence-electron chi connectivity index (χ1n) is 13.9. The second-order valence-electron chi connectivity index (χ2n) is 10.7. The van der Waals surface area contributed by atoms with E-state index in [9.17, 15) is 19.5 Å². The number of esters is 1. The fourth-order valence-electron chi connectivity index (χ4n) is 6.83. The van der Waals surface area contributed by atoms with Crippen LogP contribution in [0.25, 0.3) is 0 Å². The van der Waals surface area contributed by atoms with Crippen molar-refractivity contribution in [3.05, 3.63) is 60.2 Å². The molecule has 1 aromatic rings. The highest BCUT2D eigenvalue weighted by molar-refractivity contribution is 5.99. The number of hydrogen-bond acceptors (Lipinski definition) is 6. The van der Waals surface area contributed by atoms with Gasteiger partial charge in [0.2, 0.25) is 11.8 Å². The molecular formula is C30H38N2O6. The number of hydrogen-bond donors (Lipinski definition) is 1. The average Bonchev–Trinajstić information content (AvgIpc) is 3.27. The van der Waals surface area contributed by atoms with Crippen molar-refractivity contribution in [3.8, 4) is 0 Å². The van der Waals surface area contributed by atoms with Crippen molar-refractivity contribution in [1.29, 1.82) is 0 Å². The number of fused-ring (bicyclic) bond motifs is 2. The van der Waals surface area contributed by atoms with E-state index in [1.54, 1.807) is 4.90 Å². The van der Waals surface area contributed by atoms with Gasteiger partial charge in [0, 0.05) is 13.1 Å². The number of carbonyl (C=O) groups is 3. The van der Waals surface area contributed by atoms with Crippen LogP contribution in [-0.2, 0) is 23.9 Å². The molecule has 0 saturated carbocycles. The van der Waals surface area contributed by atoms with Gasteiger partial charge in [-0.15, -0.1) is 0 Å². The standard InChI is InChI=1S/C30H38N2O6/c1-3-5-10-17-31-18-12-16-30-23(24-28(36)37-19-11-9-15-29(24,4-2)38-30)26(34)32(25(30)27(31)35)22(20-33)21-13-7-6-8-14-21/h6-9,12-16,22-25,33H,3-5,10-11,17-20H2,1-2H3/t22-,23+,24+,25?,29-,30+/m1/s1. The van der Waals surface area contributed by atoms with Crippen molar-refractivity contribution < 1.29 is 29.0 Å². The maximum atomic E-state index is 14.5. The third kappa shape index (κ3) is 4.09. The molecule has 1 spiro atoms. The highest BCUT2D eigenvalue weighted by Crippen LogP contribution is 2.59. The van der Waals surface area contributed by atoms with Crippen LogP contribution in [0.1, 0.15) is 57.6 Å². The first-order chi connectivity index (χ1) is 18.4. The Hall–Kier alpha value is -2.97. The van der Waals surface area contributed by atoms with Gasteiger partial charge in [0.25, 0.3) is 0 Å². The monoisotopic (exact) mass is 522 g/mol. The van der Waals surface area contributed by atoms with E-state index in [1.807, 2.05) is 61.6 Å². The lowest BCUT2D eigenvalue weighted by Crippen LogP contribution is -2.57. The molecule has 0 aromatic heterocycles. The van der Waals surface area contributed by atoms with E-state index >= 15 is 0 Å². The summed E-state index contributed by atoms with van der Waals surface area (Å²) in [5.74, 6) is -2.90. The van der Waals surface area contributed by atoms with Crippen molar-refractivity contribution in [1.82, 2.24) is 9.80 Å². The molecule has 4 aliphatic heterocycles. The normalized spacial score (nSPS) is 33.2. The van der Waals surface area contributed by atoms with Crippen molar-refractivity contribution >= 4 is 17.8 Å². The maximum Gasteiger partial charge on any atom is 0.313 e. The summed E-state index contributed by atoms with van der Waals surface area (Å²) in [5.41, 5.74) is -1.70. The molecule has 0 aliphatic carbocycles. The minimum absolute atomic E-state index is 0.214. The molecule has 1 unspecified atom stereocenters. The van der Waals surface area contributed by atoms with Gasteiger partial charge in [-0.05, 0) is 24.8 Å². The lowest BCUT2D eigenvalue weighted by atomic mass is 9.73. The Morgan fingerprint density at radius 3 is 2.53 bits per heavy atom. The molecule has 2 saturated heterocycles. The first kappa shape index (κ1) is 26.6. The largest absolute Gasteiger partial charge is 0.465 e. The molecule has 204 valence electrons. The summed E-state index contributed by atoms with van der Waals surface area (Å²) in [5, 5.41) is 10.6. The lowest BCUT2D eigenvalue weighted by molar-refractivity contribution is -0.163. The van der Waals surface area contributed by atoms with Crippen LogP contribution in [0.15, 0.2) is 54.6 Å². The first-order valence-corrected chi connectivity index (χ1v) is 13.9. The van der Waals surface area contributed by atoms with Gasteiger partial charge < -0.3 is 24.4 Å². The summed E-state index contributed by atoms with van der Waals surface area (Å²) in [6, 6.07) is 7.46. The fraction of sp³-hybridized carbons (Fsp3) is 0.567. The molecule has 4 heterocycles. The van der Waals surface area contributed by atoms with Gasteiger partial charge in [0.15, 0.2) is 0 Å². The van der Waals surface area contributed by atoms with Crippen LogP contribution in [0.4, 0.5) is 0 Å². The van der Waals surface area contributed by atoms with Crippen molar-refractivity contribution in [2.45, 2.75) is 69.2 Å². The number of unbranched alkanes of at least 4 members (excludes halogenated alkanes) is 2. The smallest absolute Gasteiger partial charge is 0.313 e. The number of amides is 2. The van der Waals surface area contributed by atoms with Gasteiger partial charge in [-0.25, -0.2) is 0 Å². The lowest BCUT2D eigenvalue weighted by Gasteiger charge is -2.41. The zero-order valence-corrected chi connectivity index (χ0v) is 22.3. The number of carbonyl (C=O) groups excluding carboxylic acids is 3. The summed E-state index contributed by atoms with van der Waals surface area (Å²) in [6.45, 7) is 4.88. The maximum absolute atomic E-state index is 14.5. The highest BCUT2D eigenvalue weighted by Gasteiger charge is 2.76. The summed E-state index contributed by atoms with van der Waals surface area (Å²) in [7, 11) is 0. The van der Waals surface area contributed by atoms with Gasteiger partial charge in [-0.2, -0.15) is 0 Å². The fourth-order valence-corrected chi connectivity index (χ4v) is 6.83. The Kier molecular flexibility index (Phi) is 7.47. The van der Waals surface area contributed by atoms with Crippen molar-refractivity contribution in [3.63, 3.8) is 0 Å². The number of aliphatic hydroxyl groups excluding tert-OH is 1. The molecule has 2 amide bonds. The Morgan fingerprint density at radius 1 is 1.03 bits per heavy atom. The van der Waals surface area contributed by atoms with E-state index in [1.165, 1.54) is 4.90 Å². The van der Waals surface area contributed by atoms with Crippen LogP contribution in [0, 0.1) is 11.8 Å². The van der Waals surface area contributed by atoms with Gasteiger partial charge in [-0.1, -0.05) is 81.3 Å². The molecule has 5 rings (SSSR count). The molecule has 0 radical (unpaired) electrons. The van der Waals surface area contributed by atoms with Gasteiger partial charge in [-0.3, -0.25) is 14.4 Å². The van der Waals surface area contributed by atoms with E-state index in [2.05, 4.69) is 6.92 Å². The second kappa shape index (κ2) is 10.7. The Labute approximate surface area is 224 Å². The van der Waals surface area contributed by atoms with Crippen LogP contribution >= 0.6 is 0 Å². The number of ether oxygens (including phenoxy) is 2. The third-order valence-electron chi connectivity index (χ3n) is 8.65. The molecule has 1 N–H and O–H groups in total. The Bertz CT molecular complexity index is 1120. The number of likely N-dealkylation sites (tertiary alicyclic amines) is 1. The third-order valence-corrected chi connectivity index (χ3v) is 8.65. The molecule has 8 heteroatoms.